The van der Waals surface area contributed by atoms with Crippen molar-refractivity contribution in [1.29, 1.82) is 0 Å². The van der Waals surface area contributed by atoms with Crippen molar-refractivity contribution in [2.45, 2.75) is 13.1 Å². The number of benzene rings is 1. The van der Waals surface area contributed by atoms with Gasteiger partial charge in [0.1, 0.15) is 12.4 Å². The average Bonchev–Trinajstić information content (AvgIpc) is 2.99. The summed E-state index contributed by atoms with van der Waals surface area (Å²) in [5.74, 6) is 1.58. The molecular weight excluding hydrogens is 290 g/mol. The van der Waals surface area contributed by atoms with Crippen LogP contribution >= 0.6 is 0 Å². The van der Waals surface area contributed by atoms with Gasteiger partial charge < -0.3 is 15.4 Å². The molecule has 0 aliphatic rings. The molecule has 0 bridgehead atoms. The first kappa shape index (κ1) is 16.6. The Balaban J connectivity index is 1.90. The van der Waals surface area contributed by atoms with Crippen LogP contribution in [-0.2, 0) is 20.1 Å². The zero-order chi connectivity index (χ0) is 16.5. The molecule has 0 unspecified atom stereocenters. The Bertz CT molecular complexity index is 663. The van der Waals surface area contributed by atoms with E-state index < -0.39 is 0 Å². The smallest absolute Gasteiger partial charge is 0.191 e. The number of rotatable bonds is 7. The average molecular weight is 313 g/mol. The summed E-state index contributed by atoms with van der Waals surface area (Å²) in [6.07, 6.45) is 3.51. The predicted molar refractivity (Wildman–Crippen MR) is 92.4 cm³/mol. The van der Waals surface area contributed by atoms with E-state index in [1.54, 1.807) is 19.3 Å². The molecular formula is C17H23N5O. The van der Waals surface area contributed by atoms with E-state index in [4.69, 9.17) is 4.74 Å². The maximum Gasteiger partial charge on any atom is 0.191 e. The van der Waals surface area contributed by atoms with Crippen LogP contribution < -0.4 is 15.4 Å². The summed E-state index contributed by atoms with van der Waals surface area (Å²) in [6.45, 7) is 5.44. The van der Waals surface area contributed by atoms with E-state index in [0.717, 1.165) is 23.0 Å². The van der Waals surface area contributed by atoms with E-state index in [1.165, 1.54) is 0 Å². The molecule has 0 spiro atoms. The molecule has 122 valence electrons. The van der Waals surface area contributed by atoms with Crippen LogP contribution in [0.25, 0.3) is 0 Å². The van der Waals surface area contributed by atoms with E-state index in [-0.39, 0.29) is 0 Å². The number of nitrogens with zero attached hydrogens (tertiary/aromatic N) is 3. The van der Waals surface area contributed by atoms with Gasteiger partial charge in [-0.05, 0) is 12.1 Å². The molecule has 23 heavy (non-hydrogen) atoms. The molecule has 1 aromatic carbocycles. The molecule has 0 radical (unpaired) electrons. The minimum atomic E-state index is 0.491. The van der Waals surface area contributed by atoms with Gasteiger partial charge in [0.05, 0.1) is 12.2 Å². The van der Waals surface area contributed by atoms with Crippen molar-refractivity contribution >= 4 is 5.96 Å². The Kier molecular flexibility index (Phi) is 6.23. The number of ether oxygens (including phenoxy) is 1. The van der Waals surface area contributed by atoms with Gasteiger partial charge in [-0.15, -0.1) is 0 Å². The Labute approximate surface area is 136 Å². The van der Waals surface area contributed by atoms with Crippen LogP contribution in [-0.4, -0.2) is 29.4 Å². The standard InChI is InChI=1S/C17H23N5O/c1-4-11-23-16-8-6-5-7-14(16)12-19-17(18-2)20-13-15-9-10-21-22(15)3/h4-10H,1,11-13H2,2-3H3,(H2,18,19,20). The van der Waals surface area contributed by atoms with Gasteiger partial charge in [0.25, 0.3) is 0 Å². The number of hydrogen-bond acceptors (Lipinski definition) is 3. The molecule has 0 atom stereocenters. The second kappa shape index (κ2) is 8.63. The van der Waals surface area contributed by atoms with E-state index in [9.17, 15) is 0 Å². The van der Waals surface area contributed by atoms with Crippen molar-refractivity contribution in [1.82, 2.24) is 20.4 Å². The van der Waals surface area contributed by atoms with Crippen LogP contribution in [0.1, 0.15) is 11.3 Å². The summed E-state index contributed by atoms with van der Waals surface area (Å²) < 4.78 is 7.49. The molecule has 2 aromatic rings. The highest BCUT2D eigenvalue weighted by Crippen LogP contribution is 2.17. The quantitative estimate of drug-likeness (QED) is 0.465. The van der Waals surface area contributed by atoms with Gasteiger partial charge in [-0.2, -0.15) is 5.10 Å². The van der Waals surface area contributed by atoms with Gasteiger partial charge >= 0.3 is 0 Å². The van der Waals surface area contributed by atoms with Gasteiger partial charge in [-0.3, -0.25) is 9.67 Å². The summed E-state index contributed by atoms with van der Waals surface area (Å²) >= 11 is 0. The molecule has 0 fully saturated rings. The lowest BCUT2D eigenvalue weighted by molar-refractivity contribution is 0.358. The fraction of sp³-hybridized carbons (Fsp3) is 0.294. The van der Waals surface area contributed by atoms with Crippen molar-refractivity contribution in [3.63, 3.8) is 0 Å². The van der Waals surface area contributed by atoms with E-state index in [1.807, 2.05) is 42.1 Å². The van der Waals surface area contributed by atoms with Crippen LogP contribution in [0, 0.1) is 0 Å². The molecule has 0 aliphatic heterocycles. The first-order valence-electron chi connectivity index (χ1n) is 7.47. The third kappa shape index (κ3) is 4.88. The highest BCUT2D eigenvalue weighted by molar-refractivity contribution is 5.79. The predicted octanol–water partition coefficient (Wildman–Crippen LogP) is 1.85. The first-order valence-corrected chi connectivity index (χ1v) is 7.47. The molecule has 1 aromatic heterocycles. The lowest BCUT2D eigenvalue weighted by Crippen LogP contribution is -2.36. The summed E-state index contributed by atoms with van der Waals surface area (Å²) in [7, 11) is 3.67. The highest BCUT2D eigenvalue weighted by atomic mass is 16.5. The first-order chi connectivity index (χ1) is 11.2. The van der Waals surface area contributed by atoms with E-state index >= 15 is 0 Å². The number of aryl methyl sites for hydroxylation is 1. The lowest BCUT2D eigenvalue weighted by Gasteiger charge is -2.14. The summed E-state index contributed by atoms with van der Waals surface area (Å²) in [6, 6.07) is 9.89. The monoisotopic (exact) mass is 313 g/mol. The third-order valence-electron chi connectivity index (χ3n) is 3.36. The number of hydrogen-bond donors (Lipinski definition) is 2. The van der Waals surface area contributed by atoms with Crippen molar-refractivity contribution in [2.75, 3.05) is 13.7 Å². The molecule has 6 nitrogen and oxygen atoms in total. The van der Waals surface area contributed by atoms with Gasteiger partial charge in [-0.25, -0.2) is 0 Å². The number of nitrogens with one attached hydrogen (secondary N) is 2. The highest BCUT2D eigenvalue weighted by Gasteiger charge is 2.05. The third-order valence-corrected chi connectivity index (χ3v) is 3.36. The van der Waals surface area contributed by atoms with Crippen molar-refractivity contribution in [3.8, 4) is 5.75 Å². The maximum absolute atomic E-state index is 5.66. The van der Waals surface area contributed by atoms with E-state index in [0.29, 0.717) is 19.7 Å². The molecule has 2 rings (SSSR count). The zero-order valence-corrected chi connectivity index (χ0v) is 13.6. The van der Waals surface area contributed by atoms with Crippen molar-refractivity contribution in [2.24, 2.45) is 12.0 Å². The maximum atomic E-state index is 5.66. The van der Waals surface area contributed by atoms with Crippen LogP contribution in [0.3, 0.4) is 0 Å². The van der Waals surface area contributed by atoms with Crippen molar-refractivity contribution < 1.29 is 4.74 Å². The Morgan fingerprint density at radius 3 is 2.78 bits per heavy atom. The van der Waals surface area contributed by atoms with Crippen LogP contribution in [0.2, 0.25) is 0 Å². The number of aromatic nitrogens is 2. The van der Waals surface area contributed by atoms with Gasteiger partial charge in [0.2, 0.25) is 0 Å². The number of para-hydroxylation sites is 1. The molecule has 6 heteroatoms. The minimum Gasteiger partial charge on any atom is -0.489 e. The lowest BCUT2D eigenvalue weighted by atomic mass is 10.2. The van der Waals surface area contributed by atoms with Gasteiger partial charge in [0.15, 0.2) is 5.96 Å². The fourth-order valence-electron chi connectivity index (χ4n) is 2.09. The van der Waals surface area contributed by atoms with Crippen LogP contribution in [0.15, 0.2) is 54.2 Å². The fourth-order valence-corrected chi connectivity index (χ4v) is 2.09. The van der Waals surface area contributed by atoms with E-state index in [2.05, 4.69) is 27.3 Å². The molecule has 0 aliphatic carbocycles. The molecule has 2 N–H and O–H groups in total. The Hall–Kier alpha value is -2.76. The zero-order valence-electron chi connectivity index (χ0n) is 13.6. The Morgan fingerprint density at radius 2 is 2.09 bits per heavy atom. The minimum absolute atomic E-state index is 0.491. The second-order valence-electron chi connectivity index (χ2n) is 4.93. The van der Waals surface area contributed by atoms with Crippen molar-refractivity contribution in [3.05, 3.63) is 60.4 Å². The van der Waals surface area contributed by atoms with Crippen LogP contribution in [0.4, 0.5) is 0 Å². The summed E-state index contributed by atoms with van der Waals surface area (Å²) in [5, 5.41) is 10.7. The number of guanidine groups is 1. The molecule has 1 heterocycles. The second-order valence-corrected chi connectivity index (χ2v) is 4.93. The number of aliphatic imine (C=N–C) groups is 1. The SMILES string of the molecule is C=CCOc1ccccc1CNC(=NC)NCc1ccnn1C. The summed E-state index contributed by atoms with van der Waals surface area (Å²) in [4.78, 5) is 4.23. The normalized spacial score (nSPS) is 11.1. The molecule has 0 amide bonds. The van der Waals surface area contributed by atoms with Gasteiger partial charge in [0, 0.05) is 32.4 Å². The topological polar surface area (TPSA) is 63.5 Å². The van der Waals surface area contributed by atoms with Gasteiger partial charge in [-0.1, -0.05) is 30.9 Å². The summed E-state index contributed by atoms with van der Waals surface area (Å²) in [5.41, 5.74) is 2.15. The largest absolute Gasteiger partial charge is 0.489 e. The Morgan fingerprint density at radius 1 is 1.30 bits per heavy atom. The van der Waals surface area contributed by atoms with Crippen LogP contribution in [0.5, 0.6) is 5.75 Å². The molecule has 0 saturated heterocycles. The molecule has 0 saturated carbocycles.